The summed E-state index contributed by atoms with van der Waals surface area (Å²) in [5, 5.41) is 9.04. The predicted molar refractivity (Wildman–Crippen MR) is 72.8 cm³/mol. The van der Waals surface area contributed by atoms with Gasteiger partial charge in [0.15, 0.2) is 5.69 Å². The highest BCUT2D eigenvalue weighted by Gasteiger charge is 2.14. The van der Waals surface area contributed by atoms with Crippen molar-refractivity contribution in [1.82, 2.24) is 9.97 Å². The smallest absolute Gasteiger partial charge is 0.354 e. The summed E-state index contributed by atoms with van der Waals surface area (Å²) in [6, 6.07) is 7.29. The van der Waals surface area contributed by atoms with Crippen LogP contribution in [0.25, 0.3) is 0 Å². The van der Waals surface area contributed by atoms with E-state index in [0.717, 1.165) is 0 Å². The van der Waals surface area contributed by atoms with E-state index in [1.54, 1.807) is 24.0 Å². The minimum Gasteiger partial charge on any atom is -0.477 e. The number of benzene rings is 1. The molecule has 0 spiro atoms. The number of carboxylic acid groups (broad SMARTS) is 1. The van der Waals surface area contributed by atoms with E-state index in [1.807, 2.05) is 6.92 Å². The van der Waals surface area contributed by atoms with Gasteiger partial charge in [0, 0.05) is 17.9 Å². The molecule has 1 N–H and O–H groups in total. The Morgan fingerprint density at radius 2 is 1.95 bits per heavy atom. The maximum Gasteiger partial charge on any atom is 0.354 e. The molecule has 1 aromatic carbocycles. The summed E-state index contributed by atoms with van der Waals surface area (Å²) < 4.78 is 13.0. The summed E-state index contributed by atoms with van der Waals surface area (Å²) in [7, 11) is 0. The molecule has 1 aromatic heterocycles. The largest absolute Gasteiger partial charge is 0.477 e. The van der Waals surface area contributed by atoms with Gasteiger partial charge in [-0.3, -0.25) is 0 Å². The van der Waals surface area contributed by atoms with Crippen molar-refractivity contribution in [1.29, 1.82) is 0 Å². The molecule has 0 atom stereocenters. The number of halogens is 1. The van der Waals surface area contributed by atoms with Gasteiger partial charge >= 0.3 is 5.97 Å². The Kier molecular flexibility index (Phi) is 3.93. The third-order valence-electron chi connectivity index (χ3n) is 2.76. The van der Waals surface area contributed by atoms with E-state index in [1.165, 1.54) is 18.2 Å². The summed E-state index contributed by atoms with van der Waals surface area (Å²) in [5.41, 5.74) is 1.21. The van der Waals surface area contributed by atoms with Crippen molar-refractivity contribution in [2.45, 2.75) is 13.8 Å². The minimum absolute atomic E-state index is 0.0620. The fraction of sp³-hybridized carbons (Fsp3) is 0.214. The Morgan fingerprint density at radius 1 is 1.30 bits per heavy atom. The van der Waals surface area contributed by atoms with Crippen LogP contribution in [0.4, 0.5) is 16.0 Å². The zero-order valence-corrected chi connectivity index (χ0v) is 11.2. The van der Waals surface area contributed by atoms with Crippen molar-refractivity contribution < 1.29 is 14.3 Å². The molecule has 2 rings (SSSR count). The van der Waals surface area contributed by atoms with Crippen LogP contribution < -0.4 is 4.90 Å². The van der Waals surface area contributed by atoms with Gasteiger partial charge in [-0.05, 0) is 44.2 Å². The van der Waals surface area contributed by atoms with Crippen LogP contribution in [-0.2, 0) is 0 Å². The molecule has 0 fully saturated rings. The first kappa shape index (κ1) is 13.9. The molecule has 2 aromatic rings. The first-order valence-electron chi connectivity index (χ1n) is 6.13. The molecule has 5 nitrogen and oxygen atoms in total. The van der Waals surface area contributed by atoms with Crippen LogP contribution in [0.15, 0.2) is 30.3 Å². The first-order chi connectivity index (χ1) is 9.51. The third-order valence-corrected chi connectivity index (χ3v) is 2.76. The van der Waals surface area contributed by atoms with Crippen molar-refractivity contribution in [2.75, 3.05) is 11.4 Å². The van der Waals surface area contributed by atoms with Crippen LogP contribution in [0.1, 0.15) is 23.1 Å². The van der Waals surface area contributed by atoms with Gasteiger partial charge in [-0.15, -0.1) is 0 Å². The van der Waals surface area contributed by atoms with Gasteiger partial charge in [-0.25, -0.2) is 19.2 Å². The number of aromatic nitrogens is 2. The highest BCUT2D eigenvalue weighted by atomic mass is 19.1. The molecule has 104 valence electrons. The zero-order chi connectivity index (χ0) is 14.7. The van der Waals surface area contributed by atoms with E-state index in [-0.39, 0.29) is 17.5 Å². The van der Waals surface area contributed by atoms with Crippen molar-refractivity contribution in [2.24, 2.45) is 0 Å². The van der Waals surface area contributed by atoms with E-state index in [9.17, 15) is 9.18 Å². The normalized spacial score (nSPS) is 10.3. The summed E-state index contributed by atoms with van der Waals surface area (Å²) in [6.45, 7) is 4.12. The molecule has 1 heterocycles. The fourth-order valence-corrected chi connectivity index (χ4v) is 1.84. The molecule has 6 heteroatoms. The summed E-state index contributed by atoms with van der Waals surface area (Å²) in [5.74, 6) is -1.15. The average Bonchev–Trinajstić information content (AvgIpc) is 2.41. The lowest BCUT2D eigenvalue weighted by Crippen LogP contribution is -2.20. The second kappa shape index (κ2) is 5.64. The van der Waals surface area contributed by atoms with E-state index < -0.39 is 5.97 Å². The lowest BCUT2D eigenvalue weighted by Gasteiger charge is -2.21. The molecule has 0 aliphatic carbocycles. The number of carbonyl (C=O) groups is 1. The maximum atomic E-state index is 13.0. The van der Waals surface area contributed by atoms with E-state index >= 15 is 0 Å². The van der Waals surface area contributed by atoms with Crippen LogP contribution in [0.2, 0.25) is 0 Å². The Balaban J connectivity index is 2.46. The quantitative estimate of drug-likeness (QED) is 0.929. The van der Waals surface area contributed by atoms with Gasteiger partial charge in [-0.2, -0.15) is 0 Å². The molecule has 0 unspecified atom stereocenters. The second-order valence-corrected chi connectivity index (χ2v) is 4.22. The van der Waals surface area contributed by atoms with Crippen molar-refractivity contribution >= 4 is 17.6 Å². The molecule has 0 saturated heterocycles. The van der Waals surface area contributed by atoms with Gasteiger partial charge in [0.25, 0.3) is 0 Å². The van der Waals surface area contributed by atoms with Crippen LogP contribution in [-0.4, -0.2) is 27.6 Å². The fourth-order valence-electron chi connectivity index (χ4n) is 1.84. The highest BCUT2D eigenvalue weighted by Crippen LogP contribution is 2.22. The molecular formula is C14H14FN3O2. The molecule has 0 bridgehead atoms. The van der Waals surface area contributed by atoms with Gasteiger partial charge in [0.2, 0.25) is 5.95 Å². The molecule has 0 amide bonds. The van der Waals surface area contributed by atoms with Crippen molar-refractivity contribution in [3.05, 3.63) is 47.5 Å². The molecule has 0 aliphatic heterocycles. The molecule has 0 radical (unpaired) electrons. The molecule has 20 heavy (non-hydrogen) atoms. The van der Waals surface area contributed by atoms with E-state index in [4.69, 9.17) is 5.11 Å². The Labute approximate surface area is 115 Å². The van der Waals surface area contributed by atoms with E-state index in [2.05, 4.69) is 9.97 Å². The summed E-state index contributed by atoms with van der Waals surface area (Å²) >= 11 is 0. The number of aromatic carboxylic acids is 1. The number of nitrogens with zero attached hydrogens (tertiary/aromatic N) is 3. The van der Waals surface area contributed by atoms with Gasteiger partial charge in [0.1, 0.15) is 5.82 Å². The lowest BCUT2D eigenvalue weighted by molar-refractivity contribution is 0.0690. The molecular weight excluding hydrogens is 261 g/mol. The highest BCUT2D eigenvalue weighted by molar-refractivity contribution is 5.85. The first-order valence-corrected chi connectivity index (χ1v) is 6.13. The van der Waals surface area contributed by atoms with Crippen LogP contribution in [0, 0.1) is 12.7 Å². The monoisotopic (exact) mass is 275 g/mol. The minimum atomic E-state index is -1.10. The number of carboxylic acids is 1. The summed E-state index contributed by atoms with van der Waals surface area (Å²) in [6.07, 6.45) is 0. The Bertz CT molecular complexity index is 629. The second-order valence-electron chi connectivity index (χ2n) is 4.22. The number of hydrogen-bond acceptors (Lipinski definition) is 4. The van der Waals surface area contributed by atoms with Crippen LogP contribution in [0.5, 0.6) is 0 Å². The maximum absolute atomic E-state index is 13.0. The zero-order valence-electron chi connectivity index (χ0n) is 11.2. The molecule has 0 saturated carbocycles. The van der Waals surface area contributed by atoms with Crippen molar-refractivity contribution in [3.8, 4) is 0 Å². The van der Waals surface area contributed by atoms with E-state index in [0.29, 0.717) is 17.9 Å². The van der Waals surface area contributed by atoms with Gasteiger partial charge < -0.3 is 10.0 Å². The van der Waals surface area contributed by atoms with Crippen LogP contribution in [0.3, 0.4) is 0 Å². The lowest BCUT2D eigenvalue weighted by atomic mass is 10.3. The van der Waals surface area contributed by atoms with Gasteiger partial charge in [0.05, 0.1) is 0 Å². The predicted octanol–water partition coefficient (Wildman–Crippen LogP) is 2.78. The Morgan fingerprint density at radius 3 is 2.50 bits per heavy atom. The van der Waals surface area contributed by atoms with Crippen LogP contribution >= 0.6 is 0 Å². The molecule has 0 aliphatic rings. The summed E-state index contributed by atoms with van der Waals surface area (Å²) in [4.78, 5) is 21.0. The average molecular weight is 275 g/mol. The van der Waals surface area contributed by atoms with Crippen molar-refractivity contribution in [3.63, 3.8) is 0 Å². The number of rotatable bonds is 4. The topological polar surface area (TPSA) is 66.3 Å². The standard InChI is InChI=1S/C14H14FN3O2/c1-3-18(11-6-4-10(15)5-7-11)14-16-9(2)8-12(17-14)13(19)20/h4-8H,3H2,1-2H3,(H,19,20). The number of aryl methyl sites for hydroxylation is 1. The van der Waals surface area contributed by atoms with Gasteiger partial charge in [-0.1, -0.05) is 0 Å². The number of anilines is 2. The SMILES string of the molecule is CCN(c1ccc(F)cc1)c1nc(C)cc(C(=O)O)n1. The Hall–Kier alpha value is -2.50. The number of hydrogen-bond donors (Lipinski definition) is 1. The third kappa shape index (κ3) is 2.90.